The summed E-state index contributed by atoms with van der Waals surface area (Å²) in [5.74, 6) is -3.53. The van der Waals surface area contributed by atoms with E-state index in [1.54, 1.807) is 24.3 Å². The second-order valence-corrected chi connectivity index (χ2v) is 13.2. The molecule has 6 rings (SSSR count). The average molecular weight is 590 g/mol. The van der Waals surface area contributed by atoms with E-state index in [1.807, 2.05) is 4.90 Å². The van der Waals surface area contributed by atoms with Gasteiger partial charge in [0.2, 0.25) is 10.0 Å². The highest BCUT2D eigenvalue weighted by atomic mass is 32.2. The summed E-state index contributed by atoms with van der Waals surface area (Å²) in [6, 6.07) is 8.16. The first kappa shape index (κ1) is 27.7. The normalized spacial score (nSPS) is 19.9. The molecule has 0 atom stereocenters. The molecule has 1 aliphatic carbocycles. The third-order valence-corrected chi connectivity index (χ3v) is 9.77. The van der Waals surface area contributed by atoms with E-state index in [4.69, 9.17) is 9.52 Å². The van der Waals surface area contributed by atoms with Crippen LogP contribution in [0.15, 0.2) is 41.1 Å². The molecule has 13 heteroatoms. The maximum absolute atomic E-state index is 13.8. The molecule has 0 unspecified atom stereocenters. The van der Waals surface area contributed by atoms with Crippen molar-refractivity contribution in [3.8, 4) is 0 Å². The third kappa shape index (κ3) is 5.96. The molecule has 0 radical (unpaired) electrons. The Morgan fingerprint density at radius 3 is 2.29 bits per heavy atom. The molecule has 3 aliphatic rings. The van der Waals surface area contributed by atoms with Gasteiger partial charge in [0.1, 0.15) is 5.52 Å². The Balaban J connectivity index is 1.29. The van der Waals surface area contributed by atoms with Crippen LogP contribution in [0, 0.1) is 5.41 Å². The highest BCUT2D eigenvalue weighted by Gasteiger charge is 2.44. The average Bonchev–Trinajstić information content (AvgIpc) is 3.50. The van der Waals surface area contributed by atoms with Gasteiger partial charge in [0.05, 0.1) is 35.0 Å². The maximum atomic E-state index is 13.8. The first-order chi connectivity index (χ1) is 19.6. The summed E-state index contributed by atoms with van der Waals surface area (Å²) < 4.78 is 60.3. The van der Waals surface area contributed by atoms with Crippen LogP contribution in [0.25, 0.3) is 11.1 Å². The zero-order valence-corrected chi connectivity index (χ0v) is 23.4. The van der Waals surface area contributed by atoms with E-state index in [2.05, 4.69) is 19.9 Å². The molecule has 3 fully saturated rings. The number of carbonyl (C=O) groups excluding carboxylic acids is 1. The summed E-state index contributed by atoms with van der Waals surface area (Å²) in [7, 11) is -3.75. The smallest absolute Gasteiger partial charge is 0.257 e. The van der Waals surface area contributed by atoms with Gasteiger partial charge < -0.3 is 24.6 Å². The Morgan fingerprint density at radius 1 is 0.951 bits per heavy atom. The second-order valence-electron chi connectivity index (χ2n) is 11.4. The fourth-order valence-corrected chi connectivity index (χ4v) is 6.66. The molecule has 10 nitrogen and oxygen atoms in total. The quantitative estimate of drug-likeness (QED) is 0.352. The number of hydrogen-bond donors (Lipinski definition) is 3. The largest absolute Gasteiger partial charge is 0.441 e. The molecule has 3 aromatic rings. The predicted octanol–water partition coefficient (Wildman–Crippen LogP) is 4.43. The standard InChI is InChI=1S/C28H33F2N5O5S/c29-28(30)7-11-35(12-8-28)24-17-20(15-22-25(24)40-18-31-22)32-26(37)21-2-1-19(33-41(38,39)14-13-36)16-23(21)34-9-5-27(3-4-27)6-10-34/h1-2,15-18,33,36H,3-14H2,(H,32,37). The van der Waals surface area contributed by atoms with Crippen LogP contribution in [0.5, 0.6) is 0 Å². The Bertz CT molecular complexity index is 1550. The first-order valence-electron chi connectivity index (χ1n) is 13.9. The van der Waals surface area contributed by atoms with Gasteiger partial charge >= 0.3 is 0 Å². The fraction of sp³-hybridized carbons (Fsp3) is 0.500. The van der Waals surface area contributed by atoms with Crippen LogP contribution in [0.3, 0.4) is 0 Å². The molecule has 0 bridgehead atoms. The number of amides is 1. The molecular formula is C28H33F2N5O5S. The molecule has 3 N–H and O–H groups in total. The summed E-state index contributed by atoms with van der Waals surface area (Å²) in [6.45, 7) is 1.29. The van der Waals surface area contributed by atoms with Gasteiger partial charge in [-0.15, -0.1) is 0 Å². The van der Waals surface area contributed by atoms with Crippen molar-refractivity contribution in [3.63, 3.8) is 0 Å². The number of fused-ring (bicyclic) bond motifs is 1. The number of nitrogens with zero attached hydrogens (tertiary/aromatic N) is 3. The fourth-order valence-electron chi connectivity index (χ4n) is 5.83. The van der Waals surface area contributed by atoms with E-state index in [-0.39, 0.29) is 25.9 Å². The number of sulfonamides is 1. The number of aliphatic hydroxyl groups excluding tert-OH is 1. The summed E-state index contributed by atoms with van der Waals surface area (Å²) in [6.07, 6.45) is 5.21. The zero-order valence-electron chi connectivity index (χ0n) is 22.5. The van der Waals surface area contributed by atoms with E-state index >= 15 is 0 Å². The number of rotatable bonds is 8. The van der Waals surface area contributed by atoms with Crippen molar-refractivity contribution in [1.29, 1.82) is 0 Å². The monoisotopic (exact) mass is 589 g/mol. The molecule has 1 amide bonds. The van der Waals surface area contributed by atoms with Crippen molar-refractivity contribution in [3.05, 3.63) is 42.3 Å². The van der Waals surface area contributed by atoms with Gasteiger partial charge in [-0.3, -0.25) is 9.52 Å². The van der Waals surface area contributed by atoms with E-state index in [1.165, 1.54) is 25.3 Å². The summed E-state index contributed by atoms with van der Waals surface area (Å²) >= 11 is 0. The van der Waals surface area contributed by atoms with Crippen molar-refractivity contribution in [2.45, 2.75) is 44.4 Å². The number of benzene rings is 2. The number of alkyl halides is 2. The molecule has 1 saturated carbocycles. The molecular weight excluding hydrogens is 556 g/mol. The highest BCUT2D eigenvalue weighted by Crippen LogP contribution is 2.54. The second kappa shape index (κ2) is 10.4. The van der Waals surface area contributed by atoms with Crippen LogP contribution in [0.2, 0.25) is 0 Å². The van der Waals surface area contributed by atoms with E-state index < -0.39 is 34.2 Å². The molecule has 220 valence electrons. The van der Waals surface area contributed by atoms with Gasteiger partial charge in [-0.2, -0.15) is 0 Å². The van der Waals surface area contributed by atoms with Crippen molar-refractivity contribution in [2.75, 3.05) is 58.4 Å². The van der Waals surface area contributed by atoms with Gasteiger partial charge in [0.25, 0.3) is 11.8 Å². The topological polar surface area (TPSA) is 128 Å². The SMILES string of the molecule is O=C(Nc1cc(N2CCC(F)(F)CC2)c2ocnc2c1)c1ccc(NS(=O)(=O)CCO)cc1N1CCC2(CC1)CC2. The van der Waals surface area contributed by atoms with Gasteiger partial charge in [-0.1, -0.05) is 0 Å². The van der Waals surface area contributed by atoms with Crippen LogP contribution < -0.4 is 19.8 Å². The first-order valence-corrected chi connectivity index (χ1v) is 15.5. The Hall–Kier alpha value is -3.45. The number of nitrogens with one attached hydrogen (secondary N) is 2. The van der Waals surface area contributed by atoms with Crippen LogP contribution >= 0.6 is 0 Å². The van der Waals surface area contributed by atoms with E-state index in [0.717, 1.165) is 25.9 Å². The number of anilines is 4. The van der Waals surface area contributed by atoms with Gasteiger partial charge in [0, 0.05) is 44.7 Å². The number of halogens is 2. The number of piperidine rings is 2. The lowest BCUT2D eigenvalue weighted by atomic mass is 9.93. The van der Waals surface area contributed by atoms with Crippen LogP contribution in [-0.2, 0) is 10.0 Å². The number of oxazole rings is 1. The van der Waals surface area contributed by atoms with Gasteiger partial charge in [-0.25, -0.2) is 22.2 Å². The van der Waals surface area contributed by atoms with Gasteiger partial charge in [-0.05, 0) is 61.4 Å². The van der Waals surface area contributed by atoms with Crippen molar-refractivity contribution in [1.82, 2.24) is 4.98 Å². The van der Waals surface area contributed by atoms with Crippen LogP contribution in [0.4, 0.5) is 31.5 Å². The van der Waals surface area contributed by atoms with E-state index in [9.17, 15) is 22.0 Å². The van der Waals surface area contributed by atoms with Crippen molar-refractivity contribution >= 4 is 49.8 Å². The molecule has 1 spiro atoms. The summed E-state index contributed by atoms with van der Waals surface area (Å²) in [4.78, 5) is 21.9. The molecule has 2 aliphatic heterocycles. The van der Waals surface area contributed by atoms with Crippen molar-refractivity contribution in [2.24, 2.45) is 5.41 Å². The Kier molecular flexibility index (Phi) is 7.05. The lowest BCUT2D eigenvalue weighted by Gasteiger charge is -2.35. The minimum absolute atomic E-state index is 0.147. The summed E-state index contributed by atoms with van der Waals surface area (Å²) in [5, 5.41) is 12.0. The van der Waals surface area contributed by atoms with Crippen LogP contribution in [-0.4, -0.2) is 68.9 Å². The number of aliphatic hydroxyl groups is 1. The lowest BCUT2D eigenvalue weighted by molar-refractivity contribution is -0.0220. The molecule has 1 aromatic heterocycles. The molecule has 41 heavy (non-hydrogen) atoms. The Morgan fingerprint density at radius 2 is 1.61 bits per heavy atom. The highest BCUT2D eigenvalue weighted by molar-refractivity contribution is 7.92. The van der Waals surface area contributed by atoms with Crippen molar-refractivity contribution < 1.29 is 31.5 Å². The third-order valence-electron chi connectivity index (χ3n) is 8.50. The molecule has 2 saturated heterocycles. The predicted molar refractivity (Wildman–Crippen MR) is 152 cm³/mol. The maximum Gasteiger partial charge on any atom is 0.257 e. The van der Waals surface area contributed by atoms with Gasteiger partial charge in [0.15, 0.2) is 12.0 Å². The molecule has 3 heterocycles. The Labute approximate surface area is 236 Å². The number of aromatic nitrogens is 1. The minimum Gasteiger partial charge on any atom is -0.441 e. The number of hydrogen-bond acceptors (Lipinski definition) is 8. The lowest BCUT2D eigenvalue weighted by Crippen LogP contribution is -2.39. The summed E-state index contributed by atoms with van der Waals surface area (Å²) in [5.41, 5.74) is 3.70. The van der Waals surface area contributed by atoms with Crippen LogP contribution in [0.1, 0.15) is 48.9 Å². The molecule has 2 aromatic carbocycles. The zero-order chi connectivity index (χ0) is 28.8. The minimum atomic E-state index is -3.75. The number of carbonyl (C=O) groups is 1. The van der Waals surface area contributed by atoms with E-state index in [0.29, 0.717) is 44.8 Å².